The number of fused-ring (bicyclic) bond motifs is 2. The van der Waals surface area contributed by atoms with Crippen molar-refractivity contribution in [3.05, 3.63) is 47.5 Å². The van der Waals surface area contributed by atoms with E-state index in [-0.39, 0.29) is 11.9 Å². The van der Waals surface area contributed by atoms with Crippen LogP contribution in [-0.2, 0) is 31.9 Å². The summed E-state index contributed by atoms with van der Waals surface area (Å²) in [7, 11) is 0. The van der Waals surface area contributed by atoms with Gasteiger partial charge in [0, 0.05) is 34.4 Å². The van der Waals surface area contributed by atoms with E-state index in [4.69, 9.17) is 18.9 Å². The Morgan fingerprint density at radius 3 is 1.56 bits per heavy atom. The van der Waals surface area contributed by atoms with Crippen molar-refractivity contribution in [3.63, 3.8) is 0 Å². The van der Waals surface area contributed by atoms with Gasteiger partial charge in [0.2, 0.25) is 11.2 Å². The SMILES string of the molecule is CCOC(=O)[C@@]1(C)Cc2cccc3c4c5c(cccc5c(c23)O1)C[C@@](C)(C(=O)OCC)O4. The third-order valence-corrected chi connectivity index (χ3v) is 6.37. The van der Waals surface area contributed by atoms with Gasteiger partial charge in [0.15, 0.2) is 0 Å². The predicted octanol–water partition coefficient (Wildman–Crippen LogP) is 4.51. The number of carbonyl (C=O) groups is 2. The number of ether oxygens (including phenoxy) is 4. The van der Waals surface area contributed by atoms with Gasteiger partial charge in [-0.15, -0.1) is 0 Å². The molecule has 2 atom stereocenters. The zero-order chi connectivity index (χ0) is 22.7. The number of hydrogen-bond acceptors (Lipinski definition) is 6. The molecule has 0 N–H and O–H groups in total. The van der Waals surface area contributed by atoms with E-state index >= 15 is 0 Å². The highest BCUT2D eigenvalue weighted by atomic mass is 16.6. The molecule has 0 spiro atoms. The van der Waals surface area contributed by atoms with Crippen molar-refractivity contribution in [1.29, 1.82) is 0 Å². The van der Waals surface area contributed by atoms with Crippen molar-refractivity contribution in [2.75, 3.05) is 13.2 Å². The third-order valence-electron chi connectivity index (χ3n) is 6.37. The van der Waals surface area contributed by atoms with Crippen LogP contribution in [0.25, 0.3) is 21.5 Å². The maximum Gasteiger partial charge on any atom is 0.350 e. The second-order valence-electron chi connectivity index (χ2n) is 8.80. The number of hydrogen-bond donors (Lipinski definition) is 0. The molecule has 32 heavy (non-hydrogen) atoms. The zero-order valence-corrected chi connectivity index (χ0v) is 18.7. The normalized spacial score (nSPS) is 23.4. The lowest BCUT2D eigenvalue weighted by atomic mass is 9.83. The van der Waals surface area contributed by atoms with Gasteiger partial charge in [0.25, 0.3) is 0 Å². The molecule has 2 aliphatic heterocycles. The van der Waals surface area contributed by atoms with Crippen molar-refractivity contribution >= 4 is 33.5 Å². The first-order valence-electron chi connectivity index (χ1n) is 11.0. The Hall–Kier alpha value is -3.28. The highest BCUT2D eigenvalue weighted by Crippen LogP contribution is 2.52. The van der Waals surface area contributed by atoms with Gasteiger partial charge in [0.05, 0.1) is 13.2 Å². The number of rotatable bonds is 4. The van der Waals surface area contributed by atoms with Crippen molar-refractivity contribution < 1.29 is 28.5 Å². The first kappa shape index (κ1) is 20.6. The molecule has 0 saturated carbocycles. The van der Waals surface area contributed by atoms with Crippen molar-refractivity contribution in [2.24, 2.45) is 0 Å². The summed E-state index contributed by atoms with van der Waals surface area (Å²) in [4.78, 5) is 25.6. The van der Waals surface area contributed by atoms with Gasteiger partial charge in [-0.05, 0) is 38.8 Å². The molecule has 5 rings (SSSR count). The Morgan fingerprint density at radius 2 is 1.19 bits per heavy atom. The molecule has 0 bridgehead atoms. The second kappa shape index (κ2) is 7.12. The summed E-state index contributed by atoms with van der Waals surface area (Å²) in [5.41, 5.74) is -0.275. The van der Waals surface area contributed by atoms with Crippen LogP contribution in [-0.4, -0.2) is 36.4 Å². The molecule has 0 unspecified atom stereocenters. The van der Waals surface area contributed by atoms with E-state index in [2.05, 4.69) is 0 Å². The molecular formula is C26H26O6. The average Bonchev–Trinajstić information content (AvgIpc) is 2.77. The monoisotopic (exact) mass is 434 g/mol. The fraction of sp³-hybridized carbons (Fsp3) is 0.385. The molecule has 6 heteroatoms. The van der Waals surface area contributed by atoms with Crippen LogP contribution in [0.5, 0.6) is 11.5 Å². The molecule has 0 aromatic heterocycles. The fourth-order valence-corrected chi connectivity index (χ4v) is 4.94. The van der Waals surface area contributed by atoms with E-state index in [0.717, 1.165) is 32.7 Å². The van der Waals surface area contributed by atoms with Crippen LogP contribution in [0.3, 0.4) is 0 Å². The lowest BCUT2D eigenvalue weighted by Crippen LogP contribution is -2.47. The maximum atomic E-state index is 12.8. The van der Waals surface area contributed by atoms with E-state index in [1.54, 1.807) is 27.7 Å². The van der Waals surface area contributed by atoms with Gasteiger partial charge >= 0.3 is 11.9 Å². The smallest absolute Gasteiger partial charge is 0.350 e. The summed E-state index contributed by atoms with van der Waals surface area (Å²) < 4.78 is 23.5. The van der Waals surface area contributed by atoms with Crippen LogP contribution in [0.1, 0.15) is 38.8 Å². The van der Waals surface area contributed by atoms with Crippen molar-refractivity contribution in [3.8, 4) is 11.5 Å². The Bertz CT molecular complexity index is 1180. The van der Waals surface area contributed by atoms with Gasteiger partial charge in [-0.2, -0.15) is 0 Å². The first-order chi connectivity index (χ1) is 15.3. The van der Waals surface area contributed by atoms with E-state index in [9.17, 15) is 9.59 Å². The highest BCUT2D eigenvalue weighted by molar-refractivity contribution is 6.14. The van der Waals surface area contributed by atoms with Gasteiger partial charge < -0.3 is 18.9 Å². The molecule has 3 aromatic carbocycles. The summed E-state index contributed by atoms with van der Waals surface area (Å²) >= 11 is 0. The fourth-order valence-electron chi connectivity index (χ4n) is 4.94. The Morgan fingerprint density at radius 1 is 0.781 bits per heavy atom. The van der Waals surface area contributed by atoms with E-state index in [1.807, 2.05) is 36.4 Å². The Kier molecular flexibility index (Phi) is 4.59. The largest absolute Gasteiger partial charge is 0.474 e. The molecule has 0 fully saturated rings. The molecule has 6 nitrogen and oxygen atoms in total. The third kappa shape index (κ3) is 2.85. The van der Waals surface area contributed by atoms with E-state index in [1.165, 1.54) is 0 Å². The second-order valence-corrected chi connectivity index (χ2v) is 8.80. The molecule has 166 valence electrons. The van der Waals surface area contributed by atoms with Crippen LogP contribution in [0.2, 0.25) is 0 Å². The number of benzene rings is 3. The van der Waals surface area contributed by atoms with Crippen LogP contribution in [0.15, 0.2) is 36.4 Å². The van der Waals surface area contributed by atoms with Crippen LogP contribution in [0, 0.1) is 0 Å². The zero-order valence-electron chi connectivity index (χ0n) is 18.7. The quantitative estimate of drug-likeness (QED) is 0.445. The molecule has 0 saturated heterocycles. The molecule has 2 aliphatic rings. The van der Waals surface area contributed by atoms with E-state index < -0.39 is 11.2 Å². The van der Waals surface area contributed by atoms with E-state index in [0.29, 0.717) is 37.6 Å². The lowest BCUT2D eigenvalue weighted by molar-refractivity contribution is -0.161. The minimum atomic E-state index is -1.12. The van der Waals surface area contributed by atoms with Crippen LogP contribution < -0.4 is 9.47 Å². The minimum Gasteiger partial charge on any atom is -0.474 e. The lowest BCUT2D eigenvalue weighted by Gasteiger charge is -2.38. The maximum absolute atomic E-state index is 12.8. The van der Waals surface area contributed by atoms with Crippen molar-refractivity contribution in [1.82, 2.24) is 0 Å². The van der Waals surface area contributed by atoms with Gasteiger partial charge in [-0.3, -0.25) is 0 Å². The molecular weight excluding hydrogens is 408 g/mol. The summed E-state index contributed by atoms with van der Waals surface area (Å²) in [6.45, 7) is 7.71. The Balaban J connectivity index is 1.77. The standard InChI is InChI=1S/C26H26O6/c1-5-29-23(27)25(3)13-15-9-7-12-18-19(15)21(31-25)17-11-8-10-16-14-26(4,24(28)30-6-2)32-22(18)20(16)17/h7-12H,5-6,13-14H2,1-4H3/t25-,26+. The van der Waals surface area contributed by atoms with Crippen LogP contribution >= 0.6 is 0 Å². The Labute approximate surface area is 186 Å². The molecule has 0 radical (unpaired) electrons. The van der Waals surface area contributed by atoms with Crippen LogP contribution in [0.4, 0.5) is 0 Å². The summed E-state index contributed by atoms with van der Waals surface area (Å²) in [5, 5.41) is 3.53. The summed E-state index contributed by atoms with van der Waals surface area (Å²) in [6.07, 6.45) is 0.770. The summed E-state index contributed by atoms with van der Waals surface area (Å²) in [5.74, 6) is 0.547. The molecule has 3 aromatic rings. The molecule has 0 amide bonds. The molecule has 2 heterocycles. The summed E-state index contributed by atoms with van der Waals surface area (Å²) in [6, 6.07) is 11.8. The number of esters is 2. The topological polar surface area (TPSA) is 71.1 Å². The minimum absolute atomic E-state index is 0.291. The average molecular weight is 434 g/mol. The first-order valence-corrected chi connectivity index (χ1v) is 11.0. The van der Waals surface area contributed by atoms with Gasteiger partial charge in [0.1, 0.15) is 11.5 Å². The highest BCUT2D eigenvalue weighted by Gasteiger charge is 2.46. The molecule has 0 aliphatic carbocycles. The number of carbonyl (C=O) groups excluding carboxylic acids is 2. The van der Waals surface area contributed by atoms with Gasteiger partial charge in [-0.25, -0.2) is 9.59 Å². The predicted molar refractivity (Wildman–Crippen MR) is 120 cm³/mol. The van der Waals surface area contributed by atoms with Crippen molar-refractivity contribution in [2.45, 2.75) is 51.7 Å². The van der Waals surface area contributed by atoms with Gasteiger partial charge in [-0.1, -0.05) is 36.4 Å².